The van der Waals surface area contributed by atoms with E-state index in [-0.39, 0.29) is 11.4 Å². The van der Waals surface area contributed by atoms with Crippen LogP contribution in [0.15, 0.2) is 24.3 Å². The minimum absolute atomic E-state index is 0.168. The molecular formula is C15H14F4N4O4. The molecule has 0 fully saturated rings. The van der Waals surface area contributed by atoms with Crippen LogP contribution in [0.25, 0.3) is 0 Å². The highest BCUT2D eigenvalue weighted by Crippen LogP contribution is 2.31. The fourth-order valence-electron chi connectivity index (χ4n) is 2.25. The fourth-order valence-corrected chi connectivity index (χ4v) is 2.25. The maximum atomic E-state index is 13.1. The molecule has 1 heterocycles. The van der Waals surface area contributed by atoms with Crippen LogP contribution in [-0.2, 0) is 4.79 Å². The van der Waals surface area contributed by atoms with Crippen molar-refractivity contribution in [3.63, 3.8) is 0 Å². The summed E-state index contributed by atoms with van der Waals surface area (Å²) in [5, 5.41) is 16.7. The number of benzene rings is 1. The molecule has 1 N–H and O–H groups in total. The quantitative estimate of drug-likeness (QED) is 0.439. The fraction of sp³-hybridized carbons (Fsp3) is 0.333. The average molecular weight is 390 g/mol. The summed E-state index contributed by atoms with van der Waals surface area (Å²) in [5.41, 5.74) is -2.47. The van der Waals surface area contributed by atoms with Crippen LogP contribution in [0, 0.1) is 10.1 Å². The second-order valence-electron chi connectivity index (χ2n) is 5.35. The molecule has 0 spiro atoms. The van der Waals surface area contributed by atoms with Crippen molar-refractivity contribution in [1.29, 1.82) is 0 Å². The van der Waals surface area contributed by atoms with Gasteiger partial charge in [0.25, 0.3) is 18.5 Å². The first-order chi connectivity index (χ1) is 12.6. The Balaban J connectivity index is 2.33. The number of rotatable bonds is 7. The highest BCUT2D eigenvalue weighted by molar-refractivity contribution is 5.95. The molecule has 0 radical (unpaired) electrons. The van der Waals surface area contributed by atoms with Gasteiger partial charge < -0.3 is 10.1 Å². The normalized spacial score (nSPS) is 12.3. The first-order valence-corrected chi connectivity index (χ1v) is 7.44. The molecule has 1 unspecified atom stereocenters. The van der Waals surface area contributed by atoms with Crippen LogP contribution >= 0.6 is 0 Å². The molecule has 0 aliphatic rings. The molecule has 0 saturated heterocycles. The van der Waals surface area contributed by atoms with E-state index in [9.17, 15) is 32.5 Å². The van der Waals surface area contributed by atoms with Crippen LogP contribution in [0.3, 0.4) is 0 Å². The Morgan fingerprint density at radius 1 is 1.26 bits per heavy atom. The molecule has 0 aliphatic heterocycles. The second kappa shape index (κ2) is 8.01. The number of carbonyl (C=O) groups is 1. The Morgan fingerprint density at radius 2 is 1.93 bits per heavy atom. The molecule has 8 nitrogen and oxygen atoms in total. The van der Waals surface area contributed by atoms with Gasteiger partial charge in [0.15, 0.2) is 0 Å². The van der Waals surface area contributed by atoms with Crippen molar-refractivity contribution in [2.45, 2.75) is 25.8 Å². The Labute approximate surface area is 149 Å². The first kappa shape index (κ1) is 20.1. The summed E-state index contributed by atoms with van der Waals surface area (Å²) >= 11 is 0. The molecule has 27 heavy (non-hydrogen) atoms. The molecule has 1 aromatic carbocycles. The van der Waals surface area contributed by atoms with Crippen LogP contribution in [0.1, 0.15) is 37.2 Å². The van der Waals surface area contributed by atoms with E-state index >= 15 is 0 Å². The summed E-state index contributed by atoms with van der Waals surface area (Å²) in [6.07, 6.45) is -6.24. The van der Waals surface area contributed by atoms with Crippen molar-refractivity contribution >= 4 is 17.3 Å². The van der Waals surface area contributed by atoms with Crippen molar-refractivity contribution in [1.82, 2.24) is 9.78 Å². The van der Waals surface area contributed by atoms with Crippen LogP contribution in [0.2, 0.25) is 0 Å². The van der Waals surface area contributed by atoms with E-state index in [1.807, 2.05) is 0 Å². The van der Waals surface area contributed by atoms with Gasteiger partial charge in [0.1, 0.15) is 28.9 Å². The minimum atomic E-state index is -3.14. The highest BCUT2D eigenvalue weighted by atomic mass is 19.3. The van der Waals surface area contributed by atoms with Gasteiger partial charge in [0, 0.05) is 0 Å². The summed E-state index contributed by atoms with van der Waals surface area (Å²) in [6.45, 7) is 1.15. The van der Waals surface area contributed by atoms with E-state index in [4.69, 9.17) is 4.74 Å². The number of aromatic nitrogens is 2. The molecular weight excluding hydrogens is 376 g/mol. The lowest BCUT2D eigenvalue weighted by molar-refractivity contribution is -0.384. The number of carbonyl (C=O) groups excluding carboxylic acids is 1. The highest BCUT2D eigenvalue weighted by Gasteiger charge is 2.28. The zero-order valence-corrected chi connectivity index (χ0v) is 14.0. The predicted molar refractivity (Wildman–Crippen MR) is 85.1 cm³/mol. The molecule has 146 valence electrons. The van der Waals surface area contributed by atoms with Gasteiger partial charge >= 0.3 is 0 Å². The molecule has 12 heteroatoms. The van der Waals surface area contributed by atoms with Crippen LogP contribution < -0.4 is 10.1 Å². The standard InChI is InChI=1S/C15H14F4N4O4/c1-7(22-12(14(18)19)6-10(21-22)13(16)17)15(24)20-9-4-3-8(27-2)5-11(9)23(25)26/h3-7,13-14H,1-2H3,(H,20,24). The topological polar surface area (TPSA) is 99.3 Å². The lowest BCUT2D eigenvalue weighted by Gasteiger charge is -2.15. The Hall–Kier alpha value is -3.18. The number of nitrogens with one attached hydrogen (secondary N) is 1. The molecule has 1 amide bonds. The van der Waals surface area contributed by atoms with Crippen molar-refractivity contribution in [3.8, 4) is 5.75 Å². The van der Waals surface area contributed by atoms with Crippen molar-refractivity contribution in [2.24, 2.45) is 0 Å². The van der Waals surface area contributed by atoms with E-state index in [1.54, 1.807) is 0 Å². The van der Waals surface area contributed by atoms with Crippen LogP contribution in [-0.4, -0.2) is 27.7 Å². The molecule has 0 bridgehead atoms. The second-order valence-corrected chi connectivity index (χ2v) is 5.35. The van der Waals surface area contributed by atoms with Gasteiger partial charge in [-0.3, -0.25) is 19.6 Å². The summed E-state index contributed by atoms with van der Waals surface area (Å²) in [4.78, 5) is 22.7. The minimum Gasteiger partial charge on any atom is -0.496 e. The van der Waals surface area contributed by atoms with E-state index in [0.29, 0.717) is 10.7 Å². The van der Waals surface area contributed by atoms with Gasteiger partial charge in [0.05, 0.1) is 18.1 Å². The monoisotopic (exact) mass is 390 g/mol. The van der Waals surface area contributed by atoms with Gasteiger partial charge in [-0.05, 0) is 25.1 Å². The number of nitro benzene ring substituents is 1. The zero-order valence-electron chi connectivity index (χ0n) is 14.0. The van der Waals surface area contributed by atoms with E-state index in [2.05, 4.69) is 10.4 Å². The molecule has 1 atom stereocenters. The maximum absolute atomic E-state index is 13.1. The number of alkyl halides is 4. The molecule has 2 aromatic rings. The molecule has 0 aliphatic carbocycles. The molecule has 0 saturated carbocycles. The number of methoxy groups -OCH3 is 1. The lowest BCUT2D eigenvalue weighted by Crippen LogP contribution is -2.26. The number of hydrogen-bond donors (Lipinski definition) is 1. The van der Waals surface area contributed by atoms with Gasteiger partial charge in [0.2, 0.25) is 5.91 Å². The van der Waals surface area contributed by atoms with E-state index in [1.165, 1.54) is 19.2 Å². The Morgan fingerprint density at radius 3 is 2.44 bits per heavy atom. The number of halogens is 4. The number of nitrogens with zero attached hydrogens (tertiary/aromatic N) is 3. The Bertz CT molecular complexity index is 856. The third-order valence-electron chi connectivity index (χ3n) is 3.64. The number of hydrogen-bond acceptors (Lipinski definition) is 5. The molecule has 2 rings (SSSR count). The summed E-state index contributed by atoms with van der Waals surface area (Å²) in [7, 11) is 1.30. The van der Waals surface area contributed by atoms with Gasteiger partial charge in [-0.1, -0.05) is 0 Å². The largest absolute Gasteiger partial charge is 0.496 e. The SMILES string of the molecule is COc1ccc(NC(=O)C(C)n2nc(C(F)F)cc2C(F)F)c([N+](=O)[O-])c1. The van der Waals surface area contributed by atoms with E-state index in [0.717, 1.165) is 13.0 Å². The smallest absolute Gasteiger partial charge is 0.296 e. The number of nitro groups is 1. The average Bonchev–Trinajstić information content (AvgIpc) is 3.07. The first-order valence-electron chi connectivity index (χ1n) is 7.44. The summed E-state index contributed by atoms with van der Waals surface area (Å²) in [6, 6.07) is 2.69. The third kappa shape index (κ3) is 4.33. The predicted octanol–water partition coefficient (Wildman–Crippen LogP) is 3.87. The van der Waals surface area contributed by atoms with Crippen molar-refractivity contribution < 1.29 is 32.0 Å². The van der Waals surface area contributed by atoms with Crippen molar-refractivity contribution in [2.75, 3.05) is 12.4 Å². The van der Waals surface area contributed by atoms with Crippen LogP contribution in [0.5, 0.6) is 5.75 Å². The number of anilines is 1. The van der Waals surface area contributed by atoms with Gasteiger partial charge in [-0.2, -0.15) is 5.10 Å². The number of amides is 1. The maximum Gasteiger partial charge on any atom is 0.296 e. The van der Waals surface area contributed by atoms with Gasteiger partial charge in [-0.15, -0.1) is 0 Å². The van der Waals surface area contributed by atoms with E-state index < -0.39 is 46.8 Å². The summed E-state index contributed by atoms with van der Waals surface area (Å²) < 4.78 is 56.9. The Kier molecular flexibility index (Phi) is 5.98. The van der Waals surface area contributed by atoms with Gasteiger partial charge in [-0.25, -0.2) is 17.6 Å². The molecule has 1 aromatic heterocycles. The number of ether oxygens (including phenoxy) is 1. The van der Waals surface area contributed by atoms with Crippen LogP contribution in [0.4, 0.5) is 28.9 Å². The summed E-state index contributed by atoms with van der Waals surface area (Å²) in [5.74, 6) is -0.782. The lowest BCUT2D eigenvalue weighted by atomic mass is 10.2. The third-order valence-corrected chi connectivity index (χ3v) is 3.64. The zero-order chi connectivity index (χ0) is 20.3. The van der Waals surface area contributed by atoms with Crippen molar-refractivity contribution in [3.05, 3.63) is 45.8 Å².